The number of nitrogens with one attached hydrogen (secondary N) is 1. The Labute approximate surface area is 134 Å². The summed E-state index contributed by atoms with van der Waals surface area (Å²) in [5.41, 5.74) is -0.568. The Morgan fingerprint density at radius 2 is 2.22 bits per heavy atom. The molecule has 0 aromatic carbocycles. The van der Waals surface area contributed by atoms with Crippen LogP contribution in [-0.4, -0.2) is 34.1 Å². The predicted octanol–water partition coefficient (Wildman–Crippen LogP) is 3.69. The predicted molar refractivity (Wildman–Crippen MR) is 75.2 cm³/mol. The van der Waals surface area contributed by atoms with Crippen LogP contribution in [0.5, 0.6) is 0 Å². The molecule has 1 atom stereocenters. The molecule has 0 spiro atoms. The monoisotopic (exact) mass is 347 g/mol. The summed E-state index contributed by atoms with van der Waals surface area (Å²) in [5, 5.41) is 5.85. The summed E-state index contributed by atoms with van der Waals surface area (Å²) in [6.07, 6.45) is -3.11. The Morgan fingerprint density at radius 3 is 2.83 bits per heavy atom. The van der Waals surface area contributed by atoms with Gasteiger partial charge in [-0.25, -0.2) is 0 Å². The third-order valence-corrected chi connectivity index (χ3v) is 4.02. The van der Waals surface area contributed by atoms with E-state index >= 15 is 0 Å². The number of halogens is 4. The summed E-state index contributed by atoms with van der Waals surface area (Å²) < 4.78 is 43.0. The second-order valence-electron chi connectivity index (χ2n) is 5.40. The van der Waals surface area contributed by atoms with E-state index in [9.17, 15) is 18.0 Å². The molecule has 1 saturated heterocycles. The molecule has 5 nitrogen and oxygen atoms in total. The number of aromatic nitrogens is 2. The smallest absolute Gasteiger partial charge is 0.435 e. The van der Waals surface area contributed by atoms with Gasteiger partial charge in [0.15, 0.2) is 16.7 Å². The number of furan rings is 1. The largest absolute Gasteiger partial charge is 0.440 e. The highest BCUT2D eigenvalue weighted by Gasteiger charge is 2.35. The van der Waals surface area contributed by atoms with Gasteiger partial charge in [0.1, 0.15) is 0 Å². The summed E-state index contributed by atoms with van der Waals surface area (Å²) in [6.45, 7) is 0.824. The lowest BCUT2D eigenvalue weighted by Crippen LogP contribution is -2.39. The zero-order valence-electron chi connectivity index (χ0n) is 11.9. The minimum atomic E-state index is -4.48. The molecular formula is C14H13ClF3N3O2. The second-order valence-corrected chi connectivity index (χ2v) is 5.77. The van der Waals surface area contributed by atoms with Crippen molar-refractivity contribution in [1.29, 1.82) is 0 Å². The normalized spacial score (nSPS) is 19.1. The molecule has 1 aliphatic heterocycles. The molecule has 2 aromatic rings. The molecule has 0 unspecified atom stereocenters. The Kier molecular flexibility index (Phi) is 4.09. The van der Waals surface area contributed by atoms with Gasteiger partial charge in [0.05, 0.1) is 0 Å². The fraction of sp³-hybridized carbons (Fsp3) is 0.429. The fourth-order valence-electron chi connectivity index (χ4n) is 2.69. The van der Waals surface area contributed by atoms with Gasteiger partial charge in [0.25, 0.3) is 5.91 Å². The summed E-state index contributed by atoms with van der Waals surface area (Å²) in [7, 11) is 0. The Morgan fingerprint density at radius 1 is 1.43 bits per heavy atom. The standard InChI is InChI=1S/C14H13ClF3N3O2/c15-12-4-3-10(23-12)13(22)21-5-1-2-8(7-21)9-6-11(20-19-9)14(16,17)18/h3-4,6,8H,1-2,5,7H2,(H,19,20)/t8-/m1/s1. The van der Waals surface area contributed by atoms with E-state index in [-0.39, 0.29) is 22.8 Å². The Hall–Kier alpha value is -1.96. The minimum Gasteiger partial charge on any atom is -0.440 e. The average Bonchev–Trinajstić information content (AvgIpc) is 3.15. The first-order valence-electron chi connectivity index (χ1n) is 7.01. The summed E-state index contributed by atoms with van der Waals surface area (Å²) in [6, 6.07) is 3.95. The molecule has 0 aliphatic carbocycles. The number of H-pyrrole nitrogens is 1. The number of hydrogen-bond donors (Lipinski definition) is 1. The van der Waals surface area contributed by atoms with Gasteiger partial charge in [-0.3, -0.25) is 9.89 Å². The quantitative estimate of drug-likeness (QED) is 0.901. The van der Waals surface area contributed by atoms with Crippen molar-refractivity contribution >= 4 is 17.5 Å². The first kappa shape index (κ1) is 15.9. The van der Waals surface area contributed by atoms with Crippen LogP contribution in [0.25, 0.3) is 0 Å². The van der Waals surface area contributed by atoms with E-state index in [1.165, 1.54) is 12.1 Å². The maximum Gasteiger partial charge on any atom is 0.435 e. The molecule has 3 heterocycles. The summed E-state index contributed by atoms with van der Waals surface area (Å²) >= 11 is 5.66. The van der Waals surface area contributed by atoms with Crippen molar-refractivity contribution in [3.8, 4) is 0 Å². The first-order valence-corrected chi connectivity index (χ1v) is 7.39. The molecule has 1 fully saturated rings. The minimum absolute atomic E-state index is 0.116. The summed E-state index contributed by atoms with van der Waals surface area (Å²) in [4.78, 5) is 13.9. The molecule has 3 rings (SSSR count). The highest BCUT2D eigenvalue weighted by molar-refractivity contribution is 6.29. The van der Waals surface area contributed by atoms with Crippen LogP contribution in [0.4, 0.5) is 13.2 Å². The van der Waals surface area contributed by atoms with Gasteiger partial charge in [0.2, 0.25) is 0 Å². The van der Waals surface area contributed by atoms with Crippen LogP contribution < -0.4 is 0 Å². The molecule has 1 N–H and O–H groups in total. The number of likely N-dealkylation sites (tertiary alicyclic amines) is 1. The lowest BCUT2D eigenvalue weighted by Gasteiger charge is -2.31. The van der Waals surface area contributed by atoms with Crippen molar-refractivity contribution in [2.45, 2.75) is 24.9 Å². The number of nitrogens with zero attached hydrogens (tertiary/aromatic N) is 2. The molecule has 0 saturated carbocycles. The van der Waals surface area contributed by atoms with Crippen molar-refractivity contribution in [2.24, 2.45) is 0 Å². The molecule has 0 radical (unpaired) electrons. The number of carbonyl (C=O) groups excluding carboxylic acids is 1. The van der Waals surface area contributed by atoms with Gasteiger partial charge in [-0.1, -0.05) is 0 Å². The molecule has 9 heteroatoms. The highest BCUT2D eigenvalue weighted by atomic mass is 35.5. The average molecular weight is 348 g/mol. The highest BCUT2D eigenvalue weighted by Crippen LogP contribution is 2.32. The van der Waals surface area contributed by atoms with Crippen LogP contribution in [0.1, 0.15) is 40.7 Å². The van der Waals surface area contributed by atoms with Gasteiger partial charge in [-0.15, -0.1) is 0 Å². The van der Waals surface area contributed by atoms with Gasteiger partial charge in [-0.2, -0.15) is 18.3 Å². The number of piperidine rings is 1. The van der Waals surface area contributed by atoms with Crippen molar-refractivity contribution in [2.75, 3.05) is 13.1 Å². The number of hydrogen-bond acceptors (Lipinski definition) is 3. The Balaban J connectivity index is 1.73. The molecule has 124 valence electrons. The van der Waals surface area contributed by atoms with Crippen LogP contribution in [0.3, 0.4) is 0 Å². The van der Waals surface area contributed by atoms with Crippen molar-refractivity contribution < 1.29 is 22.4 Å². The van der Waals surface area contributed by atoms with Gasteiger partial charge in [0, 0.05) is 24.7 Å². The van der Waals surface area contributed by atoms with Crippen LogP contribution in [-0.2, 0) is 6.18 Å². The van der Waals surface area contributed by atoms with E-state index in [2.05, 4.69) is 10.2 Å². The fourth-order valence-corrected chi connectivity index (χ4v) is 2.84. The van der Waals surface area contributed by atoms with Crippen molar-refractivity contribution in [3.63, 3.8) is 0 Å². The zero-order chi connectivity index (χ0) is 16.6. The number of carbonyl (C=O) groups is 1. The van der Waals surface area contributed by atoms with E-state index in [0.717, 1.165) is 6.07 Å². The third-order valence-electron chi connectivity index (χ3n) is 3.82. The lowest BCUT2D eigenvalue weighted by atomic mass is 9.94. The molecule has 23 heavy (non-hydrogen) atoms. The topological polar surface area (TPSA) is 62.1 Å². The first-order chi connectivity index (χ1) is 10.8. The van der Waals surface area contributed by atoms with Gasteiger partial charge >= 0.3 is 6.18 Å². The number of aromatic amines is 1. The van der Waals surface area contributed by atoms with E-state index in [4.69, 9.17) is 16.0 Å². The molecule has 0 bridgehead atoms. The number of amides is 1. The zero-order valence-corrected chi connectivity index (χ0v) is 12.6. The second kappa shape index (κ2) is 5.92. The molecule has 1 aliphatic rings. The maximum atomic E-state index is 12.6. The summed E-state index contributed by atoms with van der Waals surface area (Å²) in [5.74, 6) is -0.421. The van der Waals surface area contributed by atoms with Crippen LogP contribution in [0, 0.1) is 0 Å². The molecule has 2 aromatic heterocycles. The van der Waals surface area contributed by atoms with E-state index in [1.54, 1.807) is 4.90 Å². The van der Waals surface area contributed by atoms with Crippen molar-refractivity contribution in [3.05, 3.63) is 40.6 Å². The van der Waals surface area contributed by atoms with E-state index in [0.29, 0.717) is 31.6 Å². The molecule has 1 amide bonds. The lowest BCUT2D eigenvalue weighted by molar-refractivity contribution is -0.141. The number of rotatable bonds is 2. The van der Waals surface area contributed by atoms with Crippen LogP contribution >= 0.6 is 11.6 Å². The van der Waals surface area contributed by atoms with Crippen LogP contribution in [0.15, 0.2) is 22.6 Å². The SMILES string of the molecule is O=C(c1ccc(Cl)o1)N1CCC[C@@H](c2cc(C(F)(F)F)n[nH]2)C1. The number of alkyl halides is 3. The van der Waals surface area contributed by atoms with Crippen molar-refractivity contribution in [1.82, 2.24) is 15.1 Å². The molecular weight excluding hydrogens is 335 g/mol. The van der Waals surface area contributed by atoms with Gasteiger partial charge in [-0.05, 0) is 42.6 Å². The maximum absolute atomic E-state index is 12.6. The third kappa shape index (κ3) is 3.36. The van der Waals surface area contributed by atoms with E-state index < -0.39 is 11.9 Å². The van der Waals surface area contributed by atoms with E-state index in [1.807, 2.05) is 0 Å². The Bertz CT molecular complexity index is 710. The van der Waals surface area contributed by atoms with Crippen LogP contribution in [0.2, 0.25) is 5.22 Å². The van der Waals surface area contributed by atoms with Gasteiger partial charge < -0.3 is 9.32 Å².